The van der Waals surface area contributed by atoms with Gasteiger partial charge in [0.2, 0.25) is 29.5 Å². The van der Waals surface area contributed by atoms with Crippen LogP contribution in [0.1, 0.15) is 83.3 Å². The fourth-order valence-corrected chi connectivity index (χ4v) is 6.43. The van der Waals surface area contributed by atoms with E-state index in [1.54, 1.807) is 20.8 Å². The number of Topliss-reactive ketones (excluding diaryl/α,β-unsaturated/α-hetero) is 1. The first-order valence-corrected chi connectivity index (χ1v) is 20.5. The van der Waals surface area contributed by atoms with Crippen LogP contribution >= 0.6 is 0 Å². The number of phenols is 2. The molecule has 5 amide bonds. The molecule has 0 bridgehead atoms. The molecule has 1 fully saturated rings. The number of rotatable bonds is 13. The first kappa shape index (κ1) is 50.6. The van der Waals surface area contributed by atoms with Gasteiger partial charge in [-0.1, -0.05) is 45.0 Å². The summed E-state index contributed by atoms with van der Waals surface area (Å²) in [6.45, 7) is 4.94. The summed E-state index contributed by atoms with van der Waals surface area (Å²) in [5.41, 5.74) is 7.79. The Kier molecular flexibility index (Phi) is 19.8. The van der Waals surface area contributed by atoms with Gasteiger partial charge in [0.15, 0.2) is 11.7 Å². The minimum atomic E-state index is -1.45. The number of benzene rings is 2. The molecule has 0 aromatic heterocycles. The van der Waals surface area contributed by atoms with Gasteiger partial charge in [0.1, 0.15) is 35.7 Å². The average molecular weight is 882 g/mol. The predicted molar refractivity (Wildman–Crippen MR) is 226 cm³/mol. The zero-order chi connectivity index (χ0) is 46.7. The number of carboxylic acid groups (broad SMARTS) is 1. The van der Waals surface area contributed by atoms with E-state index < -0.39 is 89.3 Å². The third kappa shape index (κ3) is 18.4. The Morgan fingerprint density at radius 1 is 0.810 bits per heavy atom. The molecule has 13 N–H and O–H groups in total. The van der Waals surface area contributed by atoms with Crippen LogP contribution < -0.4 is 43.1 Å². The number of hydrogen-bond acceptors (Lipinski definition) is 13. The van der Waals surface area contributed by atoms with Crippen LogP contribution in [0.15, 0.2) is 48.5 Å². The van der Waals surface area contributed by atoms with Crippen molar-refractivity contribution in [2.75, 3.05) is 13.1 Å². The van der Waals surface area contributed by atoms with Gasteiger partial charge in [0, 0.05) is 37.8 Å². The van der Waals surface area contributed by atoms with E-state index in [2.05, 4.69) is 37.4 Å². The van der Waals surface area contributed by atoms with Gasteiger partial charge in [-0.3, -0.25) is 43.8 Å². The van der Waals surface area contributed by atoms with Crippen LogP contribution in [-0.4, -0.2) is 112 Å². The molecular weight excluding hydrogens is 823 g/mol. The number of carbonyl (C=O) groups is 8. The highest BCUT2D eigenvalue weighted by molar-refractivity contribution is 5.98. The van der Waals surface area contributed by atoms with Crippen molar-refractivity contribution in [1.82, 2.24) is 37.4 Å². The summed E-state index contributed by atoms with van der Waals surface area (Å²) in [6, 6.07) is 4.60. The first-order chi connectivity index (χ1) is 29.7. The number of aliphatic carboxylic acids is 1. The van der Waals surface area contributed by atoms with E-state index in [1.807, 2.05) is 0 Å². The number of hydroxylamine groups is 1. The lowest BCUT2D eigenvalue weighted by Crippen LogP contribution is -2.60. The van der Waals surface area contributed by atoms with E-state index >= 15 is 0 Å². The molecule has 3 rings (SSSR count). The fourth-order valence-electron chi connectivity index (χ4n) is 6.43. The summed E-state index contributed by atoms with van der Waals surface area (Å²) in [5.74, 6) is -7.26. The lowest BCUT2D eigenvalue weighted by atomic mass is 9.85. The SMILES string of the molecule is CC(C)(C)C(=O)[C@H](CC(=O)O)NC(=O)[C@@H]1CCCCNOC(=O)CCC(=O)N[C@@H](CCCNC(=N)N)C(=O)N[C@@H](Cc2ccc(O)cc2)C(=O)N[C@@H](Cc2ccc(O)cc2)C(=O)N1. The van der Waals surface area contributed by atoms with Gasteiger partial charge in [-0.2, -0.15) is 5.48 Å². The third-order valence-electron chi connectivity index (χ3n) is 9.80. The first-order valence-electron chi connectivity index (χ1n) is 20.5. The highest BCUT2D eigenvalue weighted by atomic mass is 16.7. The number of nitrogens with one attached hydrogen (secondary N) is 8. The molecule has 0 aliphatic carbocycles. The number of aromatic hydroxyl groups is 2. The smallest absolute Gasteiger partial charge is 0.325 e. The normalized spacial score (nSPS) is 20.5. The molecule has 63 heavy (non-hydrogen) atoms. The van der Waals surface area contributed by atoms with E-state index in [0.717, 1.165) is 0 Å². The van der Waals surface area contributed by atoms with E-state index in [0.29, 0.717) is 11.1 Å². The van der Waals surface area contributed by atoms with Crippen molar-refractivity contribution in [3.63, 3.8) is 0 Å². The Morgan fingerprint density at radius 2 is 1.35 bits per heavy atom. The maximum Gasteiger partial charge on any atom is 0.325 e. The highest BCUT2D eigenvalue weighted by Gasteiger charge is 2.36. The van der Waals surface area contributed by atoms with Crippen LogP contribution in [-0.2, 0) is 56.0 Å². The molecule has 0 spiro atoms. The monoisotopic (exact) mass is 881 g/mol. The van der Waals surface area contributed by atoms with Crippen LogP contribution in [0.4, 0.5) is 0 Å². The molecule has 2 aromatic carbocycles. The molecule has 1 aliphatic heterocycles. The van der Waals surface area contributed by atoms with Crippen LogP contribution in [0.3, 0.4) is 0 Å². The summed E-state index contributed by atoms with van der Waals surface area (Å²) in [7, 11) is 0. The van der Waals surface area contributed by atoms with E-state index in [1.165, 1.54) is 48.5 Å². The number of guanidine groups is 1. The zero-order valence-electron chi connectivity index (χ0n) is 35.6. The second-order valence-electron chi connectivity index (χ2n) is 16.2. The summed E-state index contributed by atoms with van der Waals surface area (Å²) in [4.78, 5) is 112. The van der Waals surface area contributed by atoms with Gasteiger partial charge in [0.05, 0.1) is 18.9 Å². The minimum absolute atomic E-state index is 0.00140. The summed E-state index contributed by atoms with van der Waals surface area (Å²) in [6.07, 6.45) is -1.14. The molecule has 2 aromatic rings. The van der Waals surface area contributed by atoms with Gasteiger partial charge in [-0.05, 0) is 67.5 Å². The molecule has 1 heterocycles. The summed E-state index contributed by atoms with van der Waals surface area (Å²) < 4.78 is 0. The fraction of sp³-hybridized carbons (Fsp3) is 0.500. The van der Waals surface area contributed by atoms with Gasteiger partial charge >= 0.3 is 11.9 Å². The maximum absolute atomic E-state index is 14.4. The molecule has 1 aliphatic rings. The highest BCUT2D eigenvalue weighted by Crippen LogP contribution is 2.19. The number of phenolic OH excluding ortho intramolecular Hbond substituents is 2. The zero-order valence-corrected chi connectivity index (χ0v) is 35.6. The Labute approximate surface area is 364 Å². The van der Waals surface area contributed by atoms with Crippen molar-refractivity contribution < 1.29 is 58.5 Å². The molecule has 0 saturated carbocycles. The molecule has 0 radical (unpaired) electrons. The van der Waals surface area contributed by atoms with Crippen LogP contribution in [0.2, 0.25) is 0 Å². The van der Waals surface area contributed by atoms with Crippen LogP contribution in [0.25, 0.3) is 0 Å². The molecule has 21 heteroatoms. The average Bonchev–Trinajstić information content (AvgIpc) is 3.21. The Hall–Kier alpha value is -6.77. The van der Waals surface area contributed by atoms with Crippen molar-refractivity contribution in [2.45, 2.75) is 115 Å². The molecule has 5 atom stereocenters. The Morgan fingerprint density at radius 3 is 1.87 bits per heavy atom. The molecule has 344 valence electrons. The summed E-state index contributed by atoms with van der Waals surface area (Å²) in [5, 5.41) is 52.5. The van der Waals surface area contributed by atoms with Crippen molar-refractivity contribution >= 4 is 53.2 Å². The molecular formula is C42H59N9O12. The van der Waals surface area contributed by atoms with E-state index in [4.69, 9.17) is 16.0 Å². The molecule has 0 unspecified atom stereocenters. The number of nitrogens with two attached hydrogens (primary N) is 1. The quantitative estimate of drug-likeness (QED) is 0.0697. The summed E-state index contributed by atoms with van der Waals surface area (Å²) >= 11 is 0. The van der Waals surface area contributed by atoms with E-state index in [-0.39, 0.29) is 88.3 Å². The largest absolute Gasteiger partial charge is 0.508 e. The maximum atomic E-state index is 14.4. The van der Waals surface area contributed by atoms with Crippen molar-refractivity contribution in [3.05, 3.63) is 59.7 Å². The lowest BCUT2D eigenvalue weighted by molar-refractivity contribution is -0.152. The number of ketones is 1. The topological polar surface area (TPSA) is 341 Å². The third-order valence-corrected chi connectivity index (χ3v) is 9.80. The van der Waals surface area contributed by atoms with Gasteiger partial charge in [-0.25, -0.2) is 0 Å². The standard InChI is InChI=1S/C42H59N9O12/c1-42(2,3)36(58)30(23-34(55)56)49-38(60)29-7-4-5-20-46-63-35(57)18-17-33(54)47-28(8-6-19-45-41(43)44)37(59)50-32(22-25-11-15-27(53)16-12-25)40(62)51-31(39(61)48-29)21-24-9-13-26(52)14-10-24/h9-16,28-32,46,52-53H,4-8,17-23H2,1-3H3,(H,47,54)(H,48,61)(H,49,60)(H,50,59)(H,51,62)(H,55,56)(H4,43,44,45)/t28-,29-,30-,31-,32-/m0/s1. The van der Waals surface area contributed by atoms with Crippen LogP contribution in [0, 0.1) is 10.8 Å². The number of amides is 5. The van der Waals surface area contributed by atoms with Crippen molar-refractivity contribution in [2.24, 2.45) is 11.1 Å². The lowest BCUT2D eigenvalue weighted by Gasteiger charge is -2.28. The number of carbonyl (C=O) groups excluding carboxylic acids is 7. The predicted octanol–water partition coefficient (Wildman–Crippen LogP) is -0.328. The van der Waals surface area contributed by atoms with Crippen molar-refractivity contribution in [1.29, 1.82) is 5.41 Å². The molecule has 1 saturated heterocycles. The Balaban J connectivity index is 2.07. The second kappa shape index (κ2) is 24.6. The van der Waals surface area contributed by atoms with Gasteiger partial charge < -0.3 is 57.8 Å². The van der Waals surface area contributed by atoms with Crippen molar-refractivity contribution in [3.8, 4) is 11.5 Å². The Bertz CT molecular complexity index is 1940. The van der Waals surface area contributed by atoms with E-state index in [9.17, 15) is 53.7 Å². The van der Waals surface area contributed by atoms with Gasteiger partial charge in [-0.15, -0.1) is 0 Å². The van der Waals surface area contributed by atoms with Gasteiger partial charge in [0.25, 0.3) is 0 Å². The second-order valence-corrected chi connectivity index (χ2v) is 16.2. The number of hydrogen-bond donors (Lipinski definition) is 12. The van der Waals surface area contributed by atoms with Crippen LogP contribution in [0.5, 0.6) is 11.5 Å². The number of carboxylic acids is 1. The molecule has 21 nitrogen and oxygen atoms in total. The minimum Gasteiger partial charge on any atom is -0.508 e.